The van der Waals surface area contributed by atoms with Crippen LogP contribution in [0.25, 0.3) is 0 Å². The summed E-state index contributed by atoms with van der Waals surface area (Å²) in [4.78, 5) is 6.14. The maximum Gasteiger partial charge on any atom is 0.214 e. The Bertz CT molecular complexity index is 567. The minimum Gasteiger partial charge on any atom is -0.387 e. The molecule has 1 aliphatic heterocycles. The van der Waals surface area contributed by atoms with Gasteiger partial charge in [-0.1, -0.05) is 6.07 Å². The Kier molecular flexibility index (Phi) is 5.27. The Hall–Kier alpha value is -1.51. The molecule has 1 aromatic heterocycles. The van der Waals surface area contributed by atoms with Crippen molar-refractivity contribution in [1.29, 1.82) is 5.41 Å². The summed E-state index contributed by atoms with van der Waals surface area (Å²) in [7, 11) is -3.25. The lowest BCUT2D eigenvalue weighted by molar-refractivity contribution is 0.209. The van der Waals surface area contributed by atoms with Gasteiger partial charge in [0.1, 0.15) is 5.84 Å². The molecule has 0 spiro atoms. The zero-order valence-corrected chi connectivity index (χ0v) is 12.7. The van der Waals surface area contributed by atoms with E-state index in [2.05, 4.69) is 4.98 Å². The standard InChI is InChI=1S/C13H21N5O2S/c14-13(15)11-17-6-8-18(9-7-17)21(19,20)10-4-12-3-1-2-5-16-12/h1-3,5H,4,6-11H2,(H3,14,15). The van der Waals surface area contributed by atoms with Crippen molar-refractivity contribution in [3.05, 3.63) is 30.1 Å². The molecule has 0 atom stereocenters. The number of nitrogens with one attached hydrogen (secondary N) is 1. The van der Waals surface area contributed by atoms with Crippen molar-refractivity contribution in [2.75, 3.05) is 38.5 Å². The highest BCUT2D eigenvalue weighted by Gasteiger charge is 2.26. The molecule has 7 nitrogen and oxygen atoms in total. The molecule has 3 N–H and O–H groups in total. The molecule has 2 heterocycles. The van der Waals surface area contributed by atoms with Gasteiger partial charge in [-0.2, -0.15) is 4.31 Å². The predicted molar refractivity (Wildman–Crippen MR) is 81.7 cm³/mol. The molecular weight excluding hydrogens is 290 g/mol. The predicted octanol–water partition coefficient (Wildman–Crippen LogP) is -0.493. The van der Waals surface area contributed by atoms with Crippen LogP contribution in [-0.4, -0.2) is 66.9 Å². The molecule has 116 valence electrons. The van der Waals surface area contributed by atoms with E-state index in [1.165, 1.54) is 4.31 Å². The van der Waals surface area contributed by atoms with E-state index in [4.69, 9.17) is 11.1 Å². The van der Waals surface area contributed by atoms with Crippen LogP contribution in [-0.2, 0) is 16.4 Å². The van der Waals surface area contributed by atoms with Crippen LogP contribution in [0.2, 0.25) is 0 Å². The first kappa shape index (κ1) is 15.9. The largest absolute Gasteiger partial charge is 0.387 e. The molecule has 0 unspecified atom stereocenters. The molecule has 0 aliphatic carbocycles. The summed E-state index contributed by atoms with van der Waals surface area (Å²) >= 11 is 0. The Labute approximate surface area is 125 Å². The van der Waals surface area contributed by atoms with Crippen molar-refractivity contribution in [1.82, 2.24) is 14.2 Å². The lowest BCUT2D eigenvalue weighted by Crippen LogP contribution is -2.51. The Morgan fingerprint density at radius 3 is 2.57 bits per heavy atom. The van der Waals surface area contributed by atoms with Crippen LogP contribution < -0.4 is 5.73 Å². The molecule has 1 saturated heterocycles. The molecule has 21 heavy (non-hydrogen) atoms. The van der Waals surface area contributed by atoms with Crippen molar-refractivity contribution in [2.45, 2.75) is 6.42 Å². The molecule has 8 heteroatoms. The van der Waals surface area contributed by atoms with Crippen LogP contribution in [0.4, 0.5) is 0 Å². The maximum absolute atomic E-state index is 12.3. The lowest BCUT2D eigenvalue weighted by atomic mass is 10.3. The van der Waals surface area contributed by atoms with Gasteiger partial charge in [0.15, 0.2) is 0 Å². The number of nitrogens with zero attached hydrogens (tertiary/aromatic N) is 3. The van der Waals surface area contributed by atoms with Gasteiger partial charge in [-0.25, -0.2) is 8.42 Å². The summed E-state index contributed by atoms with van der Waals surface area (Å²) in [6, 6.07) is 5.50. The number of rotatable bonds is 6. The van der Waals surface area contributed by atoms with E-state index in [0.717, 1.165) is 5.69 Å². The van der Waals surface area contributed by atoms with E-state index < -0.39 is 10.0 Å². The van der Waals surface area contributed by atoms with Crippen LogP contribution in [0.15, 0.2) is 24.4 Å². The lowest BCUT2D eigenvalue weighted by Gasteiger charge is -2.33. The number of amidine groups is 1. The fraction of sp³-hybridized carbons (Fsp3) is 0.538. The number of aromatic nitrogens is 1. The quantitative estimate of drug-likeness (QED) is 0.545. The second-order valence-electron chi connectivity index (χ2n) is 5.09. The Morgan fingerprint density at radius 1 is 1.29 bits per heavy atom. The van der Waals surface area contributed by atoms with E-state index in [-0.39, 0.29) is 11.6 Å². The second-order valence-corrected chi connectivity index (χ2v) is 7.18. The van der Waals surface area contributed by atoms with Crippen LogP contribution in [0.1, 0.15) is 5.69 Å². The first-order valence-corrected chi connectivity index (χ1v) is 8.51. The third kappa shape index (κ3) is 4.76. The average Bonchev–Trinajstić information content (AvgIpc) is 2.46. The topological polar surface area (TPSA) is 103 Å². The molecule has 1 aliphatic rings. The van der Waals surface area contributed by atoms with Crippen molar-refractivity contribution in [2.24, 2.45) is 5.73 Å². The molecule has 1 aromatic rings. The van der Waals surface area contributed by atoms with E-state index >= 15 is 0 Å². The van der Waals surface area contributed by atoms with Crippen molar-refractivity contribution in [3.63, 3.8) is 0 Å². The first-order valence-electron chi connectivity index (χ1n) is 6.90. The molecule has 0 saturated carbocycles. The third-order valence-electron chi connectivity index (χ3n) is 3.46. The molecule has 0 bridgehead atoms. The number of hydrogen-bond acceptors (Lipinski definition) is 5. The molecule has 0 radical (unpaired) electrons. The number of pyridine rings is 1. The van der Waals surface area contributed by atoms with Gasteiger partial charge < -0.3 is 5.73 Å². The van der Waals surface area contributed by atoms with Crippen molar-refractivity contribution >= 4 is 15.9 Å². The average molecular weight is 311 g/mol. The molecule has 0 aromatic carbocycles. The zero-order valence-electron chi connectivity index (χ0n) is 11.9. The molecule has 0 amide bonds. The number of nitrogens with two attached hydrogens (primary N) is 1. The van der Waals surface area contributed by atoms with Gasteiger partial charge in [-0.15, -0.1) is 0 Å². The Balaban J connectivity index is 1.85. The van der Waals surface area contributed by atoms with Gasteiger partial charge in [-0.05, 0) is 12.1 Å². The number of aryl methyl sites for hydroxylation is 1. The number of sulfonamides is 1. The highest BCUT2D eigenvalue weighted by molar-refractivity contribution is 7.89. The number of hydrogen-bond donors (Lipinski definition) is 2. The summed E-state index contributed by atoms with van der Waals surface area (Å²) in [6.45, 7) is 2.54. The zero-order chi connectivity index (χ0) is 15.3. The van der Waals surface area contributed by atoms with E-state index in [1.54, 1.807) is 6.20 Å². The SMILES string of the molecule is N=C(N)CN1CCN(S(=O)(=O)CCc2ccccn2)CC1. The highest BCUT2D eigenvalue weighted by Crippen LogP contribution is 2.09. The van der Waals surface area contributed by atoms with Crippen molar-refractivity contribution in [3.8, 4) is 0 Å². The van der Waals surface area contributed by atoms with Gasteiger partial charge >= 0.3 is 0 Å². The summed E-state index contributed by atoms with van der Waals surface area (Å²) in [5, 5.41) is 7.26. The van der Waals surface area contributed by atoms with Crippen LogP contribution in [0.3, 0.4) is 0 Å². The summed E-state index contributed by atoms with van der Waals surface area (Å²) < 4.78 is 26.1. The fourth-order valence-electron chi connectivity index (χ4n) is 2.32. The Morgan fingerprint density at radius 2 is 2.00 bits per heavy atom. The van der Waals surface area contributed by atoms with Gasteiger partial charge in [0.25, 0.3) is 0 Å². The van der Waals surface area contributed by atoms with E-state index in [9.17, 15) is 8.42 Å². The smallest absolute Gasteiger partial charge is 0.214 e. The van der Waals surface area contributed by atoms with Gasteiger partial charge in [0, 0.05) is 44.5 Å². The van der Waals surface area contributed by atoms with Gasteiger partial charge in [0.2, 0.25) is 10.0 Å². The summed E-state index contributed by atoms with van der Waals surface area (Å²) in [5.74, 6) is 0.193. The monoisotopic (exact) mass is 311 g/mol. The minimum atomic E-state index is -3.25. The van der Waals surface area contributed by atoms with Gasteiger partial charge in [0.05, 0.1) is 12.3 Å². The maximum atomic E-state index is 12.3. The van der Waals surface area contributed by atoms with E-state index in [1.807, 2.05) is 23.1 Å². The summed E-state index contributed by atoms with van der Waals surface area (Å²) in [6.07, 6.45) is 2.10. The first-order chi connectivity index (χ1) is 9.97. The van der Waals surface area contributed by atoms with Crippen LogP contribution in [0.5, 0.6) is 0 Å². The second kappa shape index (κ2) is 6.97. The van der Waals surface area contributed by atoms with Crippen molar-refractivity contribution < 1.29 is 8.42 Å². The normalized spacial score (nSPS) is 17.7. The van der Waals surface area contributed by atoms with Crippen LogP contribution >= 0.6 is 0 Å². The molecular formula is C13H21N5O2S. The molecule has 1 fully saturated rings. The molecule has 2 rings (SSSR count). The third-order valence-corrected chi connectivity index (χ3v) is 5.33. The minimum absolute atomic E-state index is 0.0801. The van der Waals surface area contributed by atoms with Gasteiger partial charge in [-0.3, -0.25) is 15.3 Å². The van der Waals surface area contributed by atoms with E-state index in [0.29, 0.717) is 39.1 Å². The fourth-order valence-corrected chi connectivity index (χ4v) is 3.76. The van der Waals surface area contributed by atoms with Crippen LogP contribution in [0, 0.1) is 5.41 Å². The highest BCUT2D eigenvalue weighted by atomic mass is 32.2. The summed E-state index contributed by atoms with van der Waals surface area (Å²) in [5.41, 5.74) is 6.15. The number of piperazine rings is 1.